The molecule has 2 aromatic heterocycles. The van der Waals surface area contributed by atoms with Crippen LogP contribution in [0.3, 0.4) is 0 Å². The number of hydrogen-bond donors (Lipinski definition) is 1. The number of aryl methyl sites for hydroxylation is 2. The number of aromatic nitrogens is 2. The van der Waals surface area contributed by atoms with E-state index < -0.39 is 5.97 Å². The van der Waals surface area contributed by atoms with E-state index in [4.69, 9.17) is 4.74 Å². The Hall–Kier alpha value is -3.45. The van der Waals surface area contributed by atoms with Crippen molar-refractivity contribution in [2.75, 3.05) is 4.90 Å². The Balaban J connectivity index is 1.50. The fourth-order valence-corrected chi connectivity index (χ4v) is 4.09. The van der Waals surface area contributed by atoms with Crippen LogP contribution in [0.5, 0.6) is 0 Å². The van der Waals surface area contributed by atoms with Crippen LogP contribution in [-0.2, 0) is 16.1 Å². The van der Waals surface area contributed by atoms with Crippen LogP contribution in [0.15, 0.2) is 54.0 Å². The predicted molar refractivity (Wildman–Crippen MR) is 118 cm³/mol. The maximum Gasteiger partial charge on any atom is 0.340 e. The maximum atomic E-state index is 12.5. The second-order valence-corrected chi connectivity index (χ2v) is 7.91. The minimum Gasteiger partial charge on any atom is -0.455 e. The molecule has 2 aromatic carbocycles. The van der Waals surface area contributed by atoms with Gasteiger partial charge in [0.1, 0.15) is 6.61 Å². The third-order valence-electron chi connectivity index (χ3n) is 4.95. The standard InChI is InChI=1S/C23H21N3O3S/c1-14-8-9-18(10-15(14)2)26(16(3)27)23-25-17(13-30-23)12-29-22(28)20-11-24-21-7-5-4-6-19(20)21/h4-11,13,24H,12H2,1-3H3. The lowest BCUT2D eigenvalue weighted by Crippen LogP contribution is -2.22. The highest BCUT2D eigenvalue weighted by Gasteiger charge is 2.19. The number of esters is 1. The molecule has 2 heterocycles. The number of amides is 1. The molecule has 0 saturated carbocycles. The molecule has 1 amide bonds. The fourth-order valence-electron chi connectivity index (χ4n) is 3.21. The zero-order valence-electron chi connectivity index (χ0n) is 16.9. The van der Waals surface area contributed by atoms with Crippen molar-refractivity contribution < 1.29 is 14.3 Å². The number of thiazole rings is 1. The normalized spacial score (nSPS) is 10.9. The van der Waals surface area contributed by atoms with E-state index in [1.54, 1.807) is 16.5 Å². The Bertz CT molecular complexity index is 1240. The van der Waals surface area contributed by atoms with Crippen LogP contribution in [0.25, 0.3) is 10.9 Å². The molecule has 0 aliphatic heterocycles. The van der Waals surface area contributed by atoms with Gasteiger partial charge in [-0.05, 0) is 43.2 Å². The van der Waals surface area contributed by atoms with E-state index in [9.17, 15) is 9.59 Å². The van der Waals surface area contributed by atoms with Gasteiger partial charge in [-0.2, -0.15) is 0 Å². The first kappa shape index (κ1) is 19.8. The molecular formula is C23H21N3O3S. The second kappa shape index (κ2) is 8.12. The summed E-state index contributed by atoms with van der Waals surface area (Å²) in [6.07, 6.45) is 1.65. The lowest BCUT2D eigenvalue weighted by atomic mass is 10.1. The minimum absolute atomic E-state index is 0.0352. The van der Waals surface area contributed by atoms with Crippen molar-refractivity contribution in [3.8, 4) is 0 Å². The van der Waals surface area contributed by atoms with Crippen LogP contribution in [0, 0.1) is 13.8 Å². The molecule has 0 saturated heterocycles. The predicted octanol–water partition coefficient (Wildman–Crippen LogP) is 5.28. The van der Waals surface area contributed by atoms with Crippen LogP contribution in [0.1, 0.15) is 34.1 Å². The van der Waals surface area contributed by atoms with Crippen molar-refractivity contribution in [1.29, 1.82) is 0 Å². The van der Waals surface area contributed by atoms with Gasteiger partial charge < -0.3 is 9.72 Å². The average molecular weight is 420 g/mol. The number of hydrogen-bond acceptors (Lipinski definition) is 5. The summed E-state index contributed by atoms with van der Waals surface area (Å²) < 4.78 is 5.46. The fraction of sp³-hybridized carbons (Fsp3) is 0.174. The first-order valence-electron chi connectivity index (χ1n) is 9.49. The van der Waals surface area contributed by atoms with E-state index in [1.165, 1.54) is 18.3 Å². The van der Waals surface area contributed by atoms with Gasteiger partial charge in [0.2, 0.25) is 5.91 Å². The molecule has 0 spiro atoms. The molecule has 1 N–H and O–H groups in total. The van der Waals surface area contributed by atoms with E-state index in [0.717, 1.165) is 27.7 Å². The third kappa shape index (κ3) is 3.84. The largest absolute Gasteiger partial charge is 0.455 e. The van der Waals surface area contributed by atoms with Crippen LogP contribution < -0.4 is 4.90 Å². The van der Waals surface area contributed by atoms with Crippen molar-refractivity contribution in [2.45, 2.75) is 27.4 Å². The highest BCUT2D eigenvalue weighted by molar-refractivity contribution is 7.14. The number of nitrogens with one attached hydrogen (secondary N) is 1. The number of rotatable bonds is 5. The Morgan fingerprint density at radius 1 is 1.13 bits per heavy atom. The summed E-state index contributed by atoms with van der Waals surface area (Å²) in [5.41, 5.74) is 4.99. The van der Waals surface area contributed by atoms with E-state index in [2.05, 4.69) is 9.97 Å². The molecule has 0 atom stereocenters. The number of H-pyrrole nitrogens is 1. The summed E-state index contributed by atoms with van der Waals surface area (Å²) in [6, 6.07) is 13.4. The average Bonchev–Trinajstić information content (AvgIpc) is 3.36. The van der Waals surface area contributed by atoms with Crippen molar-refractivity contribution in [3.63, 3.8) is 0 Å². The number of ether oxygens (including phenoxy) is 1. The summed E-state index contributed by atoms with van der Waals surface area (Å²) >= 11 is 1.34. The van der Waals surface area contributed by atoms with Gasteiger partial charge in [-0.25, -0.2) is 9.78 Å². The molecule has 0 bridgehead atoms. The van der Waals surface area contributed by atoms with Gasteiger partial charge in [0.25, 0.3) is 0 Å². The molecule has 4 rings (SSSR count). The molecule has 0 fully saturated rings. The molecule has 0 aliphatic carbocycles. The number of aromatic amines is 1. The van der Waals surface area contributed by atoms with E-state index >= 15 is 0 Å². The summed E-state index contributed by atoms with van der Waals surface area (Å²) in [6.45, 7) is 5.58. The molecule has 7 heteroatoms. The summed E-state index contributed by atoms with van der Waals surface area (Å²) in [7, 11) is 0. The maximum absolute atomic E-state index is 12.5. The summed E-state index contributed by atoms with van der Waals surface area (Å²) in [4.78, 5) is 34.0. The number of carbonyl (C=O) groups is 2. The molecule has 6 nitrogen and oxygen atoms in total. The number of benzene rings is 2. The highest BCUT2D eigenvalue weighted by Crippen LogP contribution is 2.30. The van der Waals surface area contributed by atoms with Crippen LogP contribution in [0.2, 0.25) is 0 Å². The van der Waals surface area contributed by atoms with Gasteiger partial charge in [0, 0.05) is 29.4 Å². The molecule has 152 valence electrons. The molecule has 0 unspecified atom stereocenters. The monoisotopic (exact) mass is 419 g/mol. The van der Waals surface area contributed by atoms with Gasteiger partial charge in [-0.3, -0.25) is 9.69 Å². The Morgan fingerprint density at radius 2 is 1.93 bits per heavy atom. The Labute approximate surface area is 178 Å². The molecular weight excluding hydrogens is 398 g/mol. The lowest BCUT2D eigenvalue weighted by Gasteiger charge is -2.19. The zero-order chi connectivity index (χ0) is 21.3. The van der Waals surface area contributed by atoms with Crippen molar-refractivity contribution >= 4 is 44.9 Å². The molecule has 4 aromatic rings. The van der Waals surface area contributed by atoms with Crippen LogP contribution >= 0.6 is 11.3 Å². The first-order valence-corrected chi connectivity index (χ1v) is 10.4. The van der Waals surface area contributed by atoms with Gasteiger partial charge in [0.05, 0.1) is 16.9 Å². The van der Waals surface area contributed by atoms with Crippen molar-refractivity contribution in [3.05, 3.63) is 76.4 Å². The molecule has 0 radical (unpaired) electrons. The quantitative estimate of drug-likeness (QED) is 0.447. The first-order chi connectivity index (χ1) is 14.4. The topological polar surface area (TPSA) is 75.3 Å². The number of para-hydroxylation sites is 1. The van der Waals surface area contributed by atoms with Gasteiger partial charge in [-0.1, -0.05) is 24.3 Å². The lowest BCUT2D eigenvalue weighted by molar-refractivity contribution is -0.115. The van der Waals surface area contributed by atoms with E-state index in [0.29, 0.717) is 16.4 Å². The number of anilines is 2. The van der Waals surface area contributed by atoms with Gasteiger partial charge in [0.15, 0.2) is 5.13 Å². The van der Waals surface area contributed by atoms with Gasteiger partial charge >= 0.3 is 5.97 Å². The number of nitrogens with zero attached hydrogens (tertiary/aromatic N) is 2. The van der Waals surface area contributed by atoms with E-state index in [1.807, 2.05) is 56.3 Å². The molecule has 0 aliphatic rings. The van der Waals surface area contributed by atoms with Crippen molar-refractivity contribution in [2.24, 2.45) is 0 Å². The summed E-state index contributed by atoms with van der Waals surface area (Å²) in [5.74, 6) is -0.547. The van der Waals surface area contributed by atoms with Crippen LogP contribution in [-0.4, -0.2) is 21.8 Å². The minimum atomic E-state index is -0.417. The summed E-state index contributed by atoms with van der Waals surface area (Å²) in [5, 5.41) is 3.16. The van der Waals surface area contributed by atoms with Crippen molar-refractivity contribution in [1.82, 2.24) is 9.97 Å². The second-order valence-electron chi connectivity index (χ2n) is 7.07. The Morgan fingerprint density at radius 3 is 2.70 bits per heavy atom. The third-order valence-corrected chi connectivity index (χ3v) is 5.83. The molecule has 30 heavy (non-hydrogen) atoms. The van der Waals surface area contributed by atoms with E-state index in [-0.39, 0.29) is 12.5 Å². The zero-order valence-corrected chi connectivity index (χ0v) is 17.7. The smallest absolute Gasteiger partial charge is 0.340 e. The van der Waals surface area contributed by atoms with Gasteiger partial charge in [-0.15, -0.1) is 11.3 Å². The highest BCUT2D eigenvalue weighted by atomic mass is 32.1. The number of fused-ring (bicyclic) bond motifs is 1. The SMILES string of the molecule is CC(=O)N(c1ccc(C)c(C)c1)c1nc(COC(=O)c2c[nH]c3ccccc23)cs1. The van der Waals surface area contributed by atoms with Crippen LogP contribution in [0.4, 0.5) is 10.8 Å². The Kier molecular flexibility index (Phi) is 5.37. The number of carbonyl (C=O) groups excluding carboxylic acids is 2.